The molecule has 0 aromatic rings. The number of hydrogen-bond donors (Lipinski definition) is 1. The molecule has 0 amide bonds. The molecule has 0 fully saturated rings. The van der Waals surface area contributed by atoms with E-state index in [1.54, 1.807) is 12.2 Å². The average Bonchev–Trinajstić information content (AvgIpc) is 2.50. The number of unbranched alkanes of at least 4 members (excludes halogenated alkanes) is 7. The van der Waals surface area contributed by atoms with Crippen LogP contribution in [-0.2, 0) is 4.79 Å². The van der Waals surface area contributed by atoms with Gasteiger partial charge in [-0.3, -0.25) is 0 Å². The van der Waals surface area contributed by atoms with Crippen molar-refractivity contribution in [3.63, 3.8) is 0 Å². The molecule has 0 aliphatic rings. The molecule has 0 spiro atoms. The fourth-order valence-corrected chi connectivity index (χ4v) is 1.92. The van der Waals surface area contributed by atoms with Crippen LogP contribution in [-0.4, -0.2) is 11.1 Å². The molecule has 1 N–H and O–H groups in total. The van der Waals surface area contributed by atoms with Crippen LogP contribution in [0.15, 0.2) is 60.8 Å². The Kier molecular flexibility index (Phi) is 15.8. The van der Waals surface area contributed by atoms with Crippen molar-refractivity contribution in [1.29, 1.82) is 0 Å². The van der Waals surface area contributed by atoms with Crippen molar-refractivity contribution in [2.45, 2.75) is 58.3 Å². The van der Waals surface area contributed by atoms with Gasteiger partial charge in [-0.15, -0.1) is 0 Å². The first-order valence-electron chi connectivity index (χ1n) is 8.33. The summed E-state index contributed by atoms with van der Waals surface area (Å²) in [6.45, 7) is 2.25. The summed E-state index contributed by atoms with van der Waals surface area (Å²) >= 11 is 0. The molecule has 0 rings (SSSR count). The lowest BCUT2D eigenvalue weighted by molar-refractivity contribution is -0.131. The van der Waals surface area contributed by atoms with Crippen LogP contribution >= 0.6 is 0 Å². The minimum Gasteiger partial charge on any atom is -0.478 e. The number of carboxylic acid groups (broad SMARTS) is 1. The summed E-state index contributed by atoms with van der Waals surface area (Å²) in [6, 6.07) is 0. The number of aliphatic carboxylic acids is 1. The predicted molar refractivity (Wildman–Crippen MR) is 95.9 cm³/mol. The third-order valence-electron chi connectivity index (χ3n) is 3.13. The fourth-order valence-electron chi connectivity index (χ4n) is 1.92. The van der Waals surface area contributed by atoms with E-state index in [0.717, 1.165) is 12.5 Å². The Morgan fingerprint density at radius 3 is 1.82 bits per heavy atom. The quantitative estimate of drug-likeness (QED) is 0.258. The van der Waals surface area contributed by atoms with Crippen molar-refractivity contribution >= 4 is 5.97 Å². The number of rotatable bonds is 13. The van der Waals surface area contributed by atoms with E-state index < -0.39 is 5.97 Å². The first-order valence-corrected chi connectivity index (χ1v) is 8.33. The summed E-state index contributed by atoms with van der Waals surface area (Å²) in [7, 11) is 0. The van der Waals surface area contributed by atoms with Gasteiger partial charge in [0.15, 0.2) is 0 Å². The van der Waals surface area contributed by atoms with Crippen molar-refractivity contribution in [3.8, 4) is 0 Å². The van der Waals surface area contributed by atoms with Crippen LogP contribution < -0.4 is 0 Å². The largest absolute Gasteiger partial charge is 0.478 e. The Balaban J connectivity index is 3.50. The van der Waals surface area contributed by atoms with Gasteiger partial charge in [-0.25, -0.2) is 4.79 Å². The van der Waals surface area contributed by atoms with Crippen LogP contribution in [0.3, 0.4) is 0 Å². The molecule has 122 valence electrons. The summed E-state index contributed by atoms with van der Waals surface area (Å²) in [5.74, 6) is -0.931. The zero-order chi connectivity index (χ0) is 16.3. The highest BCUT2D eigenvalue weighted by Crippen LogP contribution is 2.08. The molecule has 0 bridgehead atoms. The maximum atomic E-state index is 10.2. The van der Waals surface area contributed by atoms with Crippen LogP contribution in [0.1, 0.15) is 58.3 Å². The molecule has 0 saturated carbocycles. The second kappa shape index (κ2) is 17.2. The van der Waals surface area contributed by atoms with Crippen LogP contribution in [0.5, 0.6) is 0 Å². The van der Waals surface area contributed by atoms with E-state index in [0.29, 0.717) is 0 Å². The highest BCUT2D eigenvalue weighted by Gasteiger charge is 1.88. The topological polar surface area (TPSA) is 37.3 Å². The van der Waals surface area contributed by atoms with E-state index in [2.05, 4.69) is 19.1 Å². The van der Waals surface area contributed by atoms with Gasteiger partial charge in [0.2, 0.25) is 0 Å². The summed E-state index contributed by atoms with van der Waals surface area (Å²) in [4.78, 5) is 10.2. The highest BCUT2D eigenvalue weighted by atomic mass is 16.4. The molecule has 0 aliphatic heterocycles. The monoisotopic (exact) mass is 302 g/mol. The first kappa shape index (κ1) is 20.2. The Hall–Kier alpha value is -1.83. The van der Waals surface area contributed by atoms with Crippen molar-refractivity contribution in [3.05, 3.63) is 60.8 Å². The fraction of sp³-hybridized carbons (Fsp3) is 0.450. The minimum atomic E-state index is -0.931. The van der Waals surface area contributed by atoms with Gasteiger partial charge < -0.3 is 5.11 Å². The average molecular weight is 302 g/mol. The molecule has 0 heterocycles. The van der Waals surface area contributed by atoms with E-state index in [4.69, 9.17) is 5.11 Å². The zero-order valence-electron chi connectivity index (χ0n) is 13.8. The van der Waals surface area contributed by atoms with Crippen LogP contribution in [0, 0.1) is 0 Å². The highest BCUT2D eigenvalue weighted by molar-refractivity contribution is 5.80. The van der Waals surface area contributed by atoms with Crippen molar-refractivity contribution in [2.75, 3.05) is 0 Å². The second-order valence-corrected chi connectivity index (χ2v) is 5.19. The molecule has 0 aliphatic carbocycles. The van der Waals surface area contributed by atoms with Gasteiger partial charge in [0.1, 0.15) is 0 Å². The van der Waals surface area contributed by atoms with Gasteiger partial charge in [0, 0.05) is 6.08 Å². The number of carbonyl (C=O) groups is 1. The van der Waals surface area contributed by atoms with E-state index in [-0.39, 0.29) is 0 Å². The molecule has 0 aromatic carbocycles. The third-order valence-corrected chi connectivity index (χ3v) is 3.13. The predicted octanol–water partition coefficient (Wildman–Crippen LogP) is 5.99. The van der Waals surface area contributed by atoms with Crippen molar-refractivity contribution in [1.82, 2.24) is 0 Å². The van der Waals surface area contributed by atoms with E-state index >= 15 is 0 Å². The van der Waals surface area contributed by atoms with Gasteiger partial charge in [0.05, 0.1) is 0 Å². The molecule has 0 aromatic heterocycles. The SMILES string of the molecule is CCCCCCCCC\C=C/C=C/C=C\C=C/C=C/C(=O)O. The molecule has 22 heavy (non-hydrogen) atoms. The van der Waals surface area contributed by atoms with Gasteiger partial charge in [-0.05, 0) is 12.8 Å². The first-order chi connectivity index (χ1) is 10.8. The second-order valence-electron chi connectivity index (χ2n) is 5.19. The maximum absolute atomic E-state index is 10.2. The van der Waals surface area contributed by atoms with Crippen LogP contribution in [0.25, 0.3) is 0 Å². The van der Waals surface area contributed by atoms with E-state index in [1.807, 2.05) is 24.3 Å². The zero-order valence-corrected chi connectivity index (χ0v) is 13.8. The molecule has 0 atom stereocenters. The minimum absolute atomic E-state index is 0.931. The van der Waals surface area contributed by atoms with Gasteiger partial charge >= 0.3 is 5.97 Å². The summed E-state index contributed by atoms with van der Waals surface area (Å²) < 4.78 is 0. The summed E-state index contributed by atoms with van der Waals surface area (Å²) in [5.41, 5.74) is 0. The lowest BCUT2D eigenvalue weighted by atomic mass is 10.1. The Morgan fingerprint density at radius 1 is 0.727 bits per heavy atom. The van der Waals surface area contributed by atoms with Gasteiger partial charge in [-0.1, -0.05) is 100 Å². The lowest BCUT2D eigenvalue weighted by Gasteiger charge is -1.98. The molecule has 2 heteroatoms. The van der Waals surface area contributed by atoms with Crippen molar-refractivity contribution in [2.24, 2.45) is 0 Å². The normalized spacial score (nSPS) is 12.8. The standard InChI is InChI=1S/C20H30O2/c1-2-3-4-5-6-7-8-9-10-11-12-13-14-15-16-17-18-19-20(21)22/h10-19H,2-9H2,1H3,(H,21,22)/b11-10-,13-12+,15-14-,17-16-,19-18+. The van der Waals surface area contributed by atoms with Gasteiger partial charge in [-0.2, -0.15) is 0 Å². The van der Waals surface area contributed by atoms with Crippen molar-refractivity contribution < 1.29 is 9.90 Å². The Morgan fingerprint density at radius 2 is 1.23 bits per heavy atom. The smallest absolute Gasteiger partial charge is 0.328 e. The number of carboxylic acids is 1. The number of allylic oxidation sites excluding steroid dienone is 9. The Labute approximate surface area is 135 Å². The molecular formula is C20H30O2. The van der Waals surface area contributed by atoms with E-state index in [1.165, 1.54) is 51.0 Å². The summed E-state index contributed by atoms with van der Waals surface area (Å²) in [5, 5.41) is 8.38. The molecule has 2 nitrogen and oxygen atoms in total. The third kappa shape index (κ3) is 18.2. The molecular weight excluding hydrogens is 272 g/mol. The Bertz CT molecular complexity index is 398. The van der Waals surface area contributed by atoms with E-state index in [9.17, 15) is 4.79 Å². The lowest BCUT2D eigenvalue weighted by Crippen LogP contribution is -1.84. The summed E-state index contributed by atoms with van der Waals surface area (Å²) in [6.07, 6.45) is 28.8. The van der Waals surface area contributed by atoms with Crippen LogP contribution in [0.4, 0.5) is 0 Å². The van der Waals surface area contributed by atoms with Crippen LogP contribution in [0.2, 0.25) is 0 Å². The molecule has 0 radical (unpaired) electrons. The maximum Gasteiger partial charge on any atom is 0.328 e. The van der Waals surface area contributed by atoms with Gasteiger partial charge in [0.25, 0.3) is 0 Å². The molecule has 0 unspecified atom stereocenters. The molecule has 0 saturated heterocycles. The number of hydrogen-bond acceptors (Lipinski definition) is 1.